The highest BCUT2D eigenvalue weighted by Gasteiger charge is 2.15. The Kier molecular flexibility index (Phi) is 2.79. The van der Waals surface area contributed by atoms with Crippen LogP contribution in [0, 0.1) is 0 Å². The first kappa shape index (κ1) is 8.95. The number of anilines is 1. The van der Waals surface area contributed by atoms with E-state index < -0.39 is 0 Å². The van der Waals surface area contributed by atoms with Gasteiger partial charge in [0.05, 0.1) is 0 Å². The van der Waals surface area contributed by atoms with E-state index in [1.807, 2.05) is 12.1 Å². The molecule has 1 nitrogen and oxygen atoms in total. The first-order valence-electron chi connectivity index (χ1n) is 4.83. The van der Waals surface area contributed by atoms with Gasteiger partial charge in [-0.15, -0.1) is 0 Å². The SMILES string of the molecule is Nc1ccc(C2CCCCS2)cc1. The molecule has 0 spiro atoms. The molecule has 0 aromatic heterocycles. The molecule has 2 heteroatoms. The minimum Gasteiger partial charge on any atom is -0.399 e. The Morgan fingerprint density at radius 3 is 2.54 bits per heavy atom. The maximum absolute atomic E-state index is 5.65. The van der Waals surface area contributed by atoms with Crippen LogP contribution < -0.4 is 5.73 Å². The van der Waals surface area contributed by atoms with Crippen LogP contribution in [0.25, 0.3) is 0 Å². The van der Waals surface area contributed by atoms with E-state index in [1.54, 1.807) is 0 Å². The lowest BCUT2D eigenvalue weighted by Crippen LogP contribution is -2.01. The molecule has 2 rings (SSSR count). The molecule has 1 unspecified atom stereocenters. The van der Waals surface area contributed by atoms with Crippen LogP contribution in [0.2, 0.25) is 0 Å². The molecule has 1 aromatic rings. The third kappa shape index (κ3) is 2.19. The van der Waals surface area contributed by atoms with Crippen molar-refractivity contribution in [3.05, 3.63) is 29.8 Å². The van der Waals surface area contributed by atoms with E-state index in [2.05, 4.69) is 23.9 Å². The summed E-state index contributed by atoms with van der Waals surface area (Å²) in [6.07, 6.45) is 4.09. The maximum atomic E-state index is 5.65. The average molecular weight is 193 g/mol. The van der Waals surface area contributed by atoms with Gasteiger partial charge in [0, 0.05) is 10.9 Å². The van der Waals surface area contributed by atoms with Crippen LogP contribution in [0.1, 0.15) is 30.1 Å². The van der Waals surface area contributed by atoms with Crippen LogP contribution in [0.4, 0.5) is 5.69 Å². The van der Waals surface area contributed by atoms with E-state index in [0.29, 0.717) is 5.25 Å². The zero-order valence-corrected chi connectivity index (χ0v) is 8.52. The van der Waals surface area contributed by atoms with Gasteiger partial charge in [0.25, 0.3) is 0 Å². The maximum Gasteiger partial charge on any atom is 0.0314 e. The van der Waals surface area contributed by atoms with Gasteiger partial charge < -0.3 is 5.73 Å². The summed E-state index contributed by atoms with van der Waals surface area (Å²) in [5.41, 5.74) is 7.96. The molecular formula is C11H15NS. The number of thioether (sulfide) groups is 1. The lowest BCUT2D eigenvalue weighted by atomic mass is 10.1. The summed E-state index contributed by atoms with van der Waals surface area (Å²) in [7, 11) is 0. The van der Waals surface area contributed by atoms with Crippen LogP contribution in [0.5, 0.6) is 0 Å². The van der Waals surface area contributed by atoms with E-state index in [1.165, 1.54) is 30.6 Å². The molecule has 0 amide bonds. The third-order valence-electron chi connectivity index (χ3n) is 2.49. The lowest BCUT2D eigenvalue weighted by molar-refractivity contribution is 0.686. The highest BCUT2D eigenvalue weighted by Crippen LogP contribution is 2.38. The van der Waals surface area contributed by atoms with Gasteiger partial charge in [-0.1, -0.05) is 18.6 Å². The molecule has 1 saturated heterocycles. The van der Waals surface area contributed by atoms with E-state index in [9.17, 15) is 0 Å². The molecule has 70 valence electrons. The lowest BCUT2D eigenvalue weighted by Gasteiger charge is -2.21. The molecule has 1 aromatic carbocycles. The molecule has 1 fully saturated rings. The molecule has 1 atom stereocenters. The zero-order valence-electron chi connectivity index (χ0n) is 7.70. The predicted octanol–water partition coefficient (Wildman–Crippen LogP) is 3.23. The second kappa shape index (κ2) is 4.05. The second-order valence-electron chi connectivity index (χ2n) is 3.52. The molecule has 13 heavy (non-hydrogen) atoms. The Morgan fingerprint density at radius 1 is 1.15 bits per heavy atom. The molecule has 0 bridgehead atoms. The number of hydrogen-bond donors (Lipinski definition) is 1. The molecular weight excluding hydrogens is 178 g/mol. The Balaban J connectivity index is 2.10. The van der Waals surface area contributed by atoms with Crippen molar-refractivity contribution in [3.8, 4) is 0 Å². The summed E-state index contributed by atoms with van der Waals surface area (Å²) in [4.78, 5) is 0. The minimum atomic E-state index is 0.717. The Bertz CT molecular complexity index is 262. The standard InChI is InChI=1S/C11H15NS/c12-10-6-4-9(5-7-10)11-3-1-2-8-13-11/h4-7,11H,1-3,8,12H2. The molecule has 1 heterocycles. The monoisotopic (exact) mass is 193 g/mol. The molecule has 0 radical (unpaired) electrons. The first-order chi connectivity index (χ1) is 6.36. The van der Waals surface area contributed by atoms with Gasteiger partial charge in [0.2, 0.25) is 0 Å². The van der Waals surface area contributed by atoms with Crippen LogP contribution in [0.15, 0.2) is 24.3 Å². The summed E-state index contributed by atoms with van der Waals surface area (Å²) in [6.45, 7) is 0. The molecule has 2 N–H and O–H groups in total. The van der Waals surface area contributed by atoms with Crippen molar-refractivity contribution in [2.75, 3.05) is 11.5 Å². The van der Waals surface area contributed by atoms with Gasteiger partial charge in [-0.25, -0.2) is 0 Å². The Labute approximate surface area is 83.7 Å². The third-order valence-corrected chi connectivity index (χ3v) is 3.92. The van der Waals surface area contributed by atoms with E-state index in [-0.39, 0.29) is 0 Å². The highest BCUT2D eigenvalue weighted by molar-refractivity contribution is 7.99. The van der Waals surface area contributed by atoms with Crippen LogP contribution in [-0.2, 0) is 0 Å². The fourth-order valence-corrected chi connectivity index (χ4v) is 3.05. The van der Waals surface area contributed by atoms with Gasteiger partial charge in [-0.05, 0) is 36.3 Å². The van der Waals surface area contributed by atoms with E-state index in [0.717, 1.165) is 5.69 Å². The number of rotatable bonds is 1. The molecule has 0 saturated carbocycles. The number of hydrogen-bond acceptors (Lipinski definition) is 2. The van der Waals surface area contributed by atoms with E-state index >= 15 is 0 Å². The Hall–Kier alpha value is -0.630. The molecule has 1 aliphatic rings. The largest absolute Gasteiger partial charge is 0.399 e. The summed E-state index contributed by atoms with van der Waals surface area (Å²) in [5, 5.41) is 0.717. The van der Waals surface area contributed by atoms with Crippen molar-refractivity contribution in [3.63, 3.8) is 0 Å². The van der Waals surface area contributed by atoms with Gasteiger partial charge in [-0.3, -0.25) is 0 Å². The Morgan fingerprint density at radius 2 is 1.92 bits per heavy atom. The van der Waals surface area contributed by atoms with Crippen molar-refractivity contribution in [1.82, 2.24) is 0 Å². The molecule has 0 aliphatic carbocycles. The normalized spacial score (nSPS) is 22.9. The topological polar surface area (TPSA) is 26.0 Å². The van der Waals surface area contributed by atoms with Crippen LogP contribution >= 0.6 is 11.8 Å². The minimum absolute atomic E-state index is 0.717. The quantitative estimate of drug-likeness (QED) is 0.693. The fourth-order valence-electron chi connectivity index (χ4n) is 1.71. The van der Waals surface area contributed by atoms with Crippen molar-refractivity contribution in [1.29, 1.82) is 0 Å². The van der Waals surface area contributed by atoms with Gasteiger partial charge in [0.15, 0.2) is 0 Å². The highest BCUT2D eigenvalue weighted by atomic mass is 32.2. The average Bonchev–Trinajstić information content (AvgIpc) is 2.20. The summed E-state index contributed by atoms with van der Waals surface area (Å²) >= 11 is 2.08. The van der Waals surface area contributed by atoms with Crippen molar-refractivity contribution < 1.29 is 0 Å². The zero-order chi connectivity index (χ0) is 9.10. The second-order valence-corrected chi connectivity index (χ2v) is 4.83. The number of benzene rings is 1. The van der Waals surface area contributed by atoms with Gasteiger partial charge in [0.1, 0.15) is 0 Å². The van der Waals surface area contributed by atoms with E-state index in [4.69, 9.17) is 5.73 Å². The van der Waals surface area contributed by atoms with Crippen LogP contribution in [-0.4, -0.2) is 5.75 Å². The first-order valence-corrected chi connectivity index (χ1v) is 5.88. The van der Waals surface area contributed by atoms with Crippen molar-refractivity contribution >= 4 is 17.4 Å². The summed E-state index contributed by atoms with van der Waals surface area (Å²) < 4.78 is 0. The van der Waals surface area contributed by atoms with Crippen molar-refractivity contribution in [2.24, 2.45) is 0 Å². The number of nitrogen functional groups attached to an aromatic ring is 1. The van der Waals surface area contributed by atoms with Crippen molar-refractivity contribution in [2.45, 2.75) is 24.5 Å². The molecule has 1 aliphatic heterocycles. The smallest absolute Gasteiger partial charge is 0.0314 e. The predicted molar refractivity (Wildman–Crippen MR) is 59.9 cm³/mol. The number of nitrogens with two attached hydrogens (primary N) is 1. The fraction of sp³-hybridized carbons (Fsp3) is 0.455. The van der Waals surface area contributed by atoms with Crippen LogP contribution in [0.3, 0.4) is 0 Å². The summed E-state index contributed by atoms with van der Waals surface area (Å²) in [5.74, 6) is 1.31. The summed E-state index contributed by atoms with van der Waals surface area (Å²) in [6, 6.07) is 8.34. The van der Waals surface area contributed by atoms with Gasteiger partial charge >= 0.3 is 0 Å². The van der Waals surface area contributed by atoms with Gasteiger partial charge in [-0.2, -0.15) is 11.8 Å².